The van der Waals surface area contributed by atoms with Crippen molar-refractivity contribution in [3.8, 4) is 22.8 Å². The number of rotatable bonds is 5. The van der Waals surface area contributed by atoms with Gasteiger partial charge in [-0.15, -0.1) is 13.2 Å². The number of hydrogen-bond acceptors (Lipinski definition) is 4. The highest BCUT2D eigenvalue weighted by atomic mass is 19.4. The molecule has 2 heterocycles. The van der Waals surface area contributed by atoms with Crippen LogP contribution in [-0.4, -0.2) is 28.8 Å². The Kier molecular flexibility index (Phi) is 5.24. The quantitative estimate of drug-likeness (QED) is 0.478. The highest BCUT2D eigenvalue weighted by molar-refractivity contribution is 6.05. The van der Waals surface area contributed by atoms with Crippen LogP contribution in [-0.2, 0) is 0 Å². The van der Waals surface area contributed by atoms with Gasteiger partial charge in [-0.05, 0) is 54.6 Å². The number of methoxy groups -OCH3 is 1. The lowest BCUT2D eigenvalue weighted by Gasteiger charge is -2.12. The number of nitrogens with one attached hydrogen (secondary N) is 1. The number of halogens is 3. The molecule has 9 heteroatoms. The van der Waals surface area contributed by atoms with Crippen LogP contribution in [0.4, 0.5) is 18.9 Å². The number of nitrogens with zero attached hydrogens (tertiary/aromatic N) is 2. The fourth-order valence-electron chi connectivity index (χ4n) is 3.04. The van der Waals surface area contributed by atoms with Crippen molar-refractivity contribution in [1.82, 2.24) is 9.38 Å². The maximum atomic E-state index is 12.6. The van der Waals surface area contributed by atoms with Gasteiger partial charge in [0.15, 0.2) is 0 Å². The first-order valence-electron chi connectivity index (χ1n) is 9.12. The molecule has 0 aliphatic rings. The lowest BCUT2D eigenvalue weighted by atomic mass is 10.1. The molecule has 2 aromatic carbocycles. The van der Waals surface area contributed by atoms with Gasteiger partial charge in [0, 0.05) is 23.5 Å². The number of alkyl halides is 3. The van der Waals surface area contributed by atoms with E-state index in [9.17, 15) is 18.0 Å². The second-order valence-corrected chi connectivity index (χ2v) is 6.53. The molecule has 2 aromatic heterocycles. The predicted octanol–water partition coefficient (Wildman–Crippen LogP) is 5.16. The number of fused-ring (bicyclic) bond motifs is 1. The topological polar surface area (TPSA) is 64.9 Å². The normalized spacial score (nSPS) is 11.4. The average molecular weight is 427 g/mol. The molecule has 0 radical (unpaired) electrons. The molecule has 0 saturated carbocycles. The van der Waals surface area contributed by atoms with Crippen LogP contribution in [0.5, 0.6) is 11.5 Å². The van der Waals surface area contributed by atoms with E-state index in [0.29, 0.717) is 17.1 Å². The highest BCUT2D eigenvalue weighted by Gasteiger charge is 2.31. The Morgan fingerprint density at radius 1 is 1.06 bits per heavy atom. The van der Waals surface area contributed by atoms with E-state index < -0.39 is 18.0 Å². The average Bonchev–Trinajstić information content (AvgIpc) is 3.17. The molecule has 0 bridgehead atoms. The molecule has 0 spiro atoms. The molecule has 4 rings (SSSR count). The summed E-state index contributed by atoms with van der Waals surface area (Å²) in [6, 6.07) is 15.5. The van der Waals surface area contributed by atoms with E-state index in [1.54, 1.807) is 12.1 Å². The van der Waals surface area contributed by atoms with Gasteiger partial charge in [0.2, 0.25) is 0 Å². The number of carbonyl (C=O) groups is 1. The number of carbonyl (C=O) groups excluding carboxylic acids is 1. The number of hydrogen-bond donors (Lipinski definition) is 1. The van der Waals surface area contributed by atoms with Crippen LogP contribution in [0.15, 0.2) is 73.1 Å². The summed E-state index contributed by atoms with van der Waals surface area (Å²) >= 11 is 0. The van der Waals surface area contributed by atoms with Crippen molar-refractivity contribution in [2.24, 2.45) is 0 Å². The molecule has 1 amide bonds. The Labute approximate surface area is 174 Å². The largest absolute Gasteiger partial charge is 0.573 e. The van der Waals surface area contributed by atoms with Crippen molar-refractivity contribution >= 4 is 17.2 Å². The Bertz CT molecular complexity index is 1200. The molecule has 0 atom stereocenters. The SMILES string of the molecule is COc1ccc(-c2cn3ccccc3n2)cc1NC(=O)c1ccc(OC(F)(F)F)cc1. The molecule has 0 unspecified atom stereocenters. The van der Waals surface area contributed by atoms with Gasteiger partial charge < -0.3 is 19.2 Å². The maximum Gasteiger partial charge on any atom is 0.573 e. The minimum absolute atomic E-state index is 0.162. The smallest absolute Gasteiger partial charge is 0.495 e. The lowest BCUT2D eigenvalue weighted by Crippen LogP contribution is -2.17. The summed E-state index contributed by atoms with van der Waals surface area (Å²) < 4.78 is 47.9. The second-order valence-electron chi connectivity index (χ2n) is 6.53. The predicted molar refractivity (Wildman–Crippen MR) is 108 cm³/mol. The van der Waals surface area contributed by atoms with Crippen LogP contribution in [0.1, 0.15) is 10.4 Å². The van der Waals surface area contributed by atoms with E-state index in [1.807, 2.05) is 41.1 Å². The molecule has 0 fully saturated rings. The van der Waals surface area contributed by atoms with E-state index >= 15 is 0 Å². The van der Waals surface area contributed by atoms with E-state index in [0.717, 1.165) is 23.3 Å². The zero-order valence-electron chi connectivity index (χ0n) is 16.2. The number of aromatic nitrogens is 2. The minimum Gasteiger partial charge on any atom is -0.495 e. The van der Waals surface area contributed by atoms with Gasteiger partial charge in [0.25, 0.3) is 5.91 Å². The summed E-state index contributed by atoms with van der Waals surface area (Å²) in [5.41, 5.74) is 2.80. The van der Waals surface area contributed by atoms with Gasteiger partial charge in [-0.25, -0.2) is 4.98 Å². The minimum atomic E-state index is -4.80. The van der Waals surface area contributed by atoms with Crippen LogP contribution in [0.3, 0.4) is 0 Å². The number of imidazole rings is 1. The number of benzene rings is 2. The maximum absolute atomic E-state index is 12.6. The zero-order chi connectivity index (χ0) is 22.0. The molecule has 4 aromatic rings. The summed E-state index contributed by atoms with van der Waals surface area (Å²) in [6.07, 6.45) is -1.05. The van der Waals surface area contributed by atoms with Crippen LogP contribution < -0.4 is 14.8 Å². The van der Waals surface area contributed by atoms with Crippen LogP contribution in [0.25, 0.3) is 16.9 Å². The van der Waals surface area contributed by atoms with Gasteiger partial charge in [0.1, 0.15) is 17.1 Å². The van der Waals surface area contributed by atoms with Gasteiger partial charge >= 0.3 is 6.36 Å². The molecule has 0 saturated heterocycles. The summed E-state index contributed by atoms with van der Waals surface area (Å²) in [6.45, 7) is 0. The lowest BCUT2D eigenvalue weighted by molar-refractivity contribution is -0.274. The van der Waals surface area contributed by atoms with Crippen molar-refractivity contribution in [3.05, 3.63) is 78.6 Å². The highest BCUT2D eigenvalue weighted by Crippen LogP contribution is 2.31. The van der Waals surface area contributed by atoms with Crippen molar-refractivity contribution in [2.75, 3.05) is 12.4 Å². The monoisotopic (exact) mass is 427 g/mol. The van der Waals surface area contributed by atoms with Crippen LogP contribution >= 0.6 is 0 Å². The summed E-state index contributed by atoms with van der Waals surface area (Å²) in [4.78, 5) is 17.2. The number of anilines is 1. The van der Waals surface area contributed by atoms with E-state index in [-0.39, 0.29) is 5.56 Å². The third-order valence-electron chi connectivity index (χ3n) is 4.46. The Morgan fingerprint density at radius 2 is 1.84 bits per heavy atom. The Morgan fingerprint density at radius 3 is 2.52 bits per heavy atom. The van der Waals surface area contributed by atoms with E-state index in [4.69, 9.17) is 4.74 Å². The number of pyridine rings is 1. The summed E-state index contributed by atoms with van der Waals surface area (Å²) in [5.74, 6) is -0.489. The van der Waals surface area contributed by atoms with Crippen LogP contribution in [0, 0.1) is 0 Å². The summed E-state index contributed by atoms with van der Waals surface area (Å²) in [5, 5.41) is 2.73. The van der Waals surface area contributed by atoms with Crippen molar-refractivity contribution in [2.45, 2.75) is 6.36 Å². The zero-order valence-corrected chi connectivity index (χ0v) is 16.2. The first-order valence-corrected chi connectivity index (χ1v) is 9.12. The van der Waals surface area contributed by atoms with Gasteiger partial charge in [0.05, 0.1) is 18.5 Å². The molecule has 31 heavy (non-hydrogen) atoms. The Hall–Kier alpha value is -4.01. The first kappa shape index (κ1) is 20.3. The standard InChI is InChI=1S/C22H16F3N3O3/c1-30-19-10-7-15(18-13-28-11-3-2-4-20(28)26-18)12-17(19)27-21(29)14-5-8-16(9-6-14)31-22(23,24)25/h2-13H,1H3,(H,27,29). The van der Waals surface area contributed by atoms with Crippen molar-refractivity contribution in [1.29, 1.82) is 0 Å². The molecular formula is C22H16F3N3O3. The third kappa shape index (κ3) is 4.61. The van der Waals surface area contributed by atoms with Crippen LogP contribution in [0.2, 0.25) is 0 Å². The molecular weight excluding hydrogens is 411 g/mol. The van der Waals surface area contributed by atoms with Crippen molar-refractivity contribution < 1.29 is 27.4 Å². The molecule has 158 valence electrons. The van der Waals surface area contributed by atoms with E-state index in [2.05, 4.69) is 15.0 Å². The summed E-state index contributed by atoms with van der Waals surface area (Å²) in [7, 11) is 1.47. The fourth-order valence-corrected chi connectivity index (χ4v) is 3.04. The third-order valence-corrected chi connectivity index (χ3v) is 4.46. The number of ether oxygens (including phenoxy) is 2. The van der Waals surface area contributed by atoms with Gasteiger partial charge in [-0.2, -0.15) is 0 Å². The number of amides is 1. The van der Waals surface area contributed by atoms with E-state index in [1.165, 1.54) is 19.2 Å². The van der Waals surface area contributed by atoms with Gasteiger partial charge in [-0.3, -0.25) is 4.79 Å². The molecule has 6 nitrogen and oxygen atoms in total. The molecule has 0 aliphatic heterocycles. The Balaban J connectivity index is 1.58. The van der Waals surface area contributed by atoms with Gasteiger partial charge in [-0.1, -0.05) is 6.07 Å². The first-order chi connectivity index (χ1) is 14.8. The van der Waals surface area contributed by atoms with Crippen molar-refractivity contribution in [3.63, 3.8) is 0 Å². The molecule has 1 N–H and O–H groups in total. The fraction of sp³-hybridized carbons (Fsp3) is 0.0909. The molecule has 0 aliphatic carbocycles. The second kappa shape index (κ2) is 8.02.